The Bertz CT molecular complexity index is 1090. The van der Waals surface area contributed by atoms with E-state index >= 15 is 0 Å². The fourth-order valence-corrected chi connectivity index (χ4v) is 3.45. The highest BCUT2D eigenvalue weighted by Crippen LogP contribution is 2.11. The summed E-state index contributed by atoms with van der Waals surface area (Å²) < 4.78 is 5.36. The lowest BCUT2D eigenvalue weighted by atomic mass is 10.1. The van der Waals surface area contributed by atoms with Gasteiger partial charge < -0.3 is 10.1 Å². The summed E-state index contributed by atoms with van der Waals surface area (Å²) in [5, 5.41) is 10.8. The number of carbonyl (C=O) groups excluding carboxylic acids is 1. The fourth-order valence-electron chi connectivity index (χ4n) is 3.32. The van der Waals surface area contributed by atoms with Crippen LogP contribution in [0.15, 0.2) is 41.3 Å². The second-order valence-corrected chi connectivity index (χ2v) is 7.63. The minimum Gasteiger partial charge on any atom is -0.379 e. The van der Waals surface area contributed by atoms with Crippen LogP contribution in [-0.2, 0) is 29.0 Å². The van der Waals surface area contributed by atoms with Gasteiger partial charge in [0.25, 0.3) is 0 Å². The molecule has 156 valence electrons. The number of aromatic nitrogens is 3. The molecule has 30 heavy (non-hydrogen) atoms. The SMILES string of the molecule is O=C(Cc1n[nH]c2cnc(CN3CCOCC3)cc2c1=O)NCc1ccc(Cl)cc1. The fraction of sp³-hybridized carbons (Fsp3) is 0.333. The number of halogens is 1. The molecule has 0 bridgehead atoms. The van der Waals surface area contributed by atoms with Crippen molar-refractivity contribution in [3.8, 4) is 0 Å². The van der Waals surface area contributed by atoms with Gasteiger partial charge in [-0.25, -0.2) is 0 Å². The Hall–Kier alpha value is -2.81. The number of nitrogens with zero attached hydrogens (tertiary/aromatic N) is 3. The average Bonchev–Trinajstić information content (AvgIpc) is 2.76. The van der Waals surface area contributed by atoms with Gasteiger partial charge in [-0.05, 0) is 23.8 Å². The minimum absolute atomic E-state index is 0.0972. The third-order valence-corrected chi connectivity index (χ3v) is 5.25. The van der Waals surface area contributed by atoms with Crippen molar-refractivity contribution >= 4 is 28.4 Å². The number of ether oxygens (including phenoxy) is 1. The Kier molecular flexibility index (Phi) is 6.37. The zero-order valence-corrected chi connectivity index (χ0v) is 17.1. The van der Waals surface area contributed by atoms with Gasteiger partial charge in [0, 0.05) is 31.2 Å². The molecule has 1 amide bonds. The van der Waals surface area contributed by atoms with Crippen molar-refractivity contribution in [2.75, 3.05) is 26.3 Å². The molecule has 8 nitrogen and oxygen atoms in total. The van der Waals surface area contributed by atoms with Crippen molar-refractivity contribution in [1.29, 1.82) is 0 Å². The predicted molar refractivity (Wildman–Crippen MR) is 113 cm³/mol. The van der Waals surface area contributed by atoms with Crippen molar-refractivity contribution in [3.05, 3.63) is 68.7 Å². The van der Waals surface area contributed by atoms with Crippen LogP contribution >= 0.6 is 11.6 Å². The van der Waals surface area contributed by atoms with Crippen molar-refractivity contribution in [3.63, 3.8) is 0 Å². The van der Waals surface area contributed by atoms with E-state index in [4.69, 9.17) is 16.3 Å². The Labute approximate surface area is 178 Å². The minimum atomic E-state index is -0.273. The van der Waals surface area contributed by atoms with Gasteiger partial charge in [-0.2, -0.15) is 5.10 Å². The molecule has 9 heteroatoms. The Morgan fingerprint density at radius 2 is 2.00 bits per heavy atom. The smallest absolute Gasteiger partial charge is 0.226 e. The number of carbonyl (C=O) groups is 1. The van der Waals surface area contributed by atoms with Crippen molar-refractivity contribution < 1.29 is 9.53 Å². The van der Waals surface area contributed by atoms with Crippen LogP contribution in [0.2, 0.25) is 5.02 Å². The molecule has 1 aliphatic rings. The topological polar surface area (TPSA) is 100 Å². The summed E-state index contributed by atoms with van der Waals surface area (Å²) in [5.74, 6) is -0.273. The van der Waals surface area contributed by atoms with E-state index in [1.807, 2.05) is 12.1 Å². The number of nitrogens with one attached hydrogen (secondary N) is 2. The van der Waals surface area contributed by atoms with E-state index in [0.717, 1.165) is 24.3 Å². The summed E-state index contributed by atoms with van der Waals surface area (Å²) in [6, 6.07) is 8.99. The molecule has 0 saturated carbocycles. The number of H-pyrrole nitrogens is 1. The number of morpholine rings is 1. The van der Waals surface area contributed by atoms with Crippen molar-refractivity contribution in [2.45, 2.75) is 19.5 Å². The maximum Gasteiger partial charge on any atom is 0.226 e. The molecule has 2 N–H and O–H groups in total. The van der Waals surface area contributed by atoms with Crippen LogP contribution in [0.4, 0.5) is 0 Å². The van der Waals surface area contributed by atoms with Crippen LogP contribution in [0, 0.1) is 0 Å². The normalized spacial score (nSPS) is 14.7. The zero-order valence-electron chi connectivity index (χ0n) is 16.4. The van der Waals surface area contributed by atoms with Crippen molar-refractivity contribution in [1.82, 2.24) is 25.4 Å². The van der Waals surface area contributed by atoms with Gasteiger partial charge in [-0.15, -0.1) is 0 Å². The summed E-state index contributed by atoms with van der Waals surface area (Å²) in [7, 11) is 0. The summed E-state index contributed by atoms with van der Waals surface area (Å²) in [5.41, 5.74) is 2.21. The van der Waals surface area contributed by atoms with Gasteiger partial charge in [-0.1, -0.05) is 23.7 Å². The third-order valence-electron chi connectivity index (χ3n) is 5.00. The van der Waals surface area contributed by atoms with Crippen LogP contribution in [-0.4, -0.2) is 52.3 Å². The second kappa shape index (κ2) is 9.34. The monoisotopic (exact) mass is 427 g/mol. The molecule has 3 aromatic rings. The van der Waals surface area contributed by atoms with Crippen molar-refractivity contribution in [2.24, 2.45) is 0 Å². The molecular weight excluding hydrogens is 406 g/mol. The first-order valence-corrected chi connectivity index (χ1v) is 10.1. The first kappa shape index (κ1) is 20.5. The molecule has 1 fully saturated rings. The predicted octanol–water partition coefficient (Wildman–Crippen LogP) is 1.66. The van der Waals surface area contributed by atoms with Gasteiger partial charge in [-0.3, -0.25) is 24.6 Å². The van der Waals surface area contributed by atoms with Gasteiger partial charge in [0.05, 0.1) is 42.4 Å². The zero-order chi connectivity index (χ0) is 20.9. The molecule has 2 aromatic heterocycles. The molecule has 0 aliphatic carbocycles. The standard InChI is InChI=1S/C21H22ClN5O3/c22-15-3-1-14(2-4-15)11-24-20(28)10-18-21(29)17-9-16(23-12-19(17)26-25-18)13-27-5-7-30-8-6-27/h1-4,9,12H,5-8,10-11,13H2,(H,24,28)(H,26,29). The lowest BCUT2D eigenvalue weighted by molar-refractivity contribution is -0.120. The average molecular weight is 428 g/mol. The lowest BCUT2D eigenvalue weighted by Gasteiger charge is -2.26. The number of aromatic amines is 1. The van der Waals surface area contributed by atoms with Crippen LogP contribution in [0.1, 0.15) is 17.0 Å². The highest BCUT2D eigenvalue weighted by molar-refractivity contribution is 6.30. The van der Waals surface area contributed by atoms with Crippen LogP contribution in [0.5, 0.6) is 0 Å². The largest absolute Gasteiger partial charge is 0.379 e. The summed E-state index contributed by atoms with van der Waals surface area (Å²) in [6.07, 6.45) is 1.52. The molecule has 1 aromatic carbocycles. The Morgan fingerprint density at radius 1 is 1.23 bits per heavy atom. The first-order chi connectivity index (χ1) is 14.6. The van der Waals surface area contributed by atoms with E-state index in [1.165, 1.54) is 0 Å². The molecular formula is C21H22ClN5O3. The number of pyridine rings is 1. The quantitative estimate of drug-likeness (QED) is 0.620. The molecule has 0 unspecified atom stereocenters. The molecule has 1 aliphatic heterocycles. The maximum absolute atomic E-state index is 12.9. The number of fused-ring (bicyclic) bond motifs is 1. The molecule has 4 rings (SSSR count). The van der Waals surface area contributed by atoms with Crippen LogP contribution in [0.25, 0.3) is 10.9 Å². The van der Waals surface area contributed by atoms with Gasteiger partial charge in [0.1, 0.15) is 5.69 Å². The van der Waals surface area contributed by atoms with Crippen LogP contribution < -0.4 is 10.7 Å². The number of amides is 1. The van der Waals surface area contributed by atoms with E-state index in [9.17, 15) is 9.59 Å². The third kappa shape index (κ3) is 5.02. The molecule has 0 radical (unpaired) electrons. The van der Waals surface area contributed by atoms with E-state index in [0.29, 0.717) is 42.2 Å². The molecule has 0 atom stereocenters. The number of hydrogen-bond acceptors (Lipinski definition) is 6. The van der Waals surface area contributed by atoms with E-state index in [2.05, 4.69) is 25.4 Å². The number of hydrogen-bond donors (Lipinski definition) is 2. The number of rotatable bonds is 6. The van der Waals surface area contributed by atoms with Gasteiger partial charge in [0.2, 0.25) is 11.3 Å². The van der Waals surface area contributed by atoms with Crippen LogP contribution in [0.3, 0.4) is 0 Å². The molecule has 3 heterocycles. The van der Waals surface area contributed by atoms with Gasteiger partial charge >= 0.3 is 0 Å². The second-order valence-electron chi connectivity index (χ2n) is 7.19. The number of benzene rings is 1. The Balaban J connectivity index is 1.45. The van der Waals surface area contributed by atoms with E-state index < -0.39 is 0 Å². The molecule has 1 saturated heterocycles. The maximum atomic E-state index is 12.9. The summed E-state index contributed by atoms with van der Waals surface area (Å²) in [6.45, 7) is 4.09. The Morgan fingerprint density at radius 3 is 2.77 bits per heavy atom. The van der Waals surface area contributed by atoms with E-state index in [1.54, 1.807) is 24.4 Å². The lowest BCUT2D eigenvalue weighted by Crippen LogP contribution is -2.35. The first-order valence-electron chi connectivity index (χ1n) is 9.76. The highest BCUT2D eigenvalue weighted by Gasteiger charge is 2.15. The highest BCUT2D eigenvalue weighted by atomic mass is 35.5. The van der Waals surface area contributed by atoms with E-state index in [-0.39, 0.29) is 23.5 Å². The summed E-state index contributed by atoms with van der Waals surface area (Å²) in [4.78, 5) is 31.8. The van der Waals surface area contributed by atoms with Gasteiger partial charge in [0.15, 0.2) is 0 Å². The molecule has 0 spiro atoms. The summed E-state index contributed by atoms with van der Waals surface area (Å²) >= 11 is 5.87.